The molecule has 0 fully saturated rings. The highest BCUT2D eigenvalue weighted by Gasteiger charge is 2.22. The van der Waals surface area contributed by atoms with Crippen LogP contribution in [0, 0.1) is 13.8 Å². The first kappa shape index (κ1) is 19.9. The fraction of sp³-hybridized carbons (Fsp3) is 0.529. The van der Waals surface area contributed by atoms with E-state index >= 15 is 0 Å². The second-order valence-corrected chi connectivity index (χ2v) is 7.42. The summed E-state index contributed by atoms with van der Waals surface area (Å²) in [4.78, 5) is 34.4. The molecule has 8 nitrogen and oxygen atoms in total. The Bertz CT molecular complexity index is 782. The summed E-state index contributed by atoms with van der Waals surface area (Å²) in [6.07, 6.45) is 3.67. The quantitative estimate of drug-likeness (QED) is 0.645. The summed E-state index contributed by atoms with van der Waals surface area (Å²) in [6.45, 7) is 8.26. The Labute approximate surface area is 157 Å². The molecule has 0 saturated heterocycles. The van der Waals surface area contributed by atoms with Crippen LogP contribution in [0.25, 0.3) is 0 Å². The fourth-order valence-corrected chi connectivity index (χ4v) is 3.17. The largest absolute Gasteiger partial charge is 0.351 e. The number of aromatic nitrogens is 3. The zero-order chi connectivity index (χ0) is 19.3. The predicted molar refractivity (Wildman–Crippen MR) is 103 cm³/mol. The average molecular weight is 379 g/mol. The molecule has 2 rings (SSSR count). The number of hydrogen-bond acceptors (Lipinski definition) is 5. The molecular formula is C17H26N6O2S. The minimum absolute atomic E-state index is 0.236. The number of aryl methyl sites for hydroxylation is 2. The first-order chi connectivity index (χ1) is 12.3. The second kappa shape index (κ2) is 8.79. The van der Waals surface area contributed by atoms with E-state index in [1.165, 1.54) is 11.3 Å². The normalized spacial score (nSPS) is 11.9. The van der Waals surface area contributed by atoms with Crippen molar-refractivity contribution in [3.8, 4) is 0 Å². The summed E-state index contributed by atoms with van der Waals surface area (Å²) in [5, 5.41) is 9.19. The number of carbonyl (C=O) groups is 2. The fourth-order valence-electron chi connectivity index (χ4n) is 2.39. The molecule has 2 heterocycles. The maximum atomic E-state index is 12.5. The van der Waals surface area contributed by atoms with Crippen molar-refractivity contribution in [1.29, 1.82) is 0 Å². The summed E-state index contributed by atoms with van der Waals surface area (Å²) in [5.41, 5.74) is 0.339. The Kier molecular flexibility index (Phi) is 6.73. The van der Waals surface area contributed by atoms with Gasteiger partial charge < -0.3 is 15.2 Å². The van der Waals surface area contributed by atoms with Crippen molar-refractivity contribution in [3.63, 3.8) is 0 Å². The zero-order valence-electron chi connectivity index (χ0n) is 15.8. The number of rotatable bonds is 7. The van der Waals surface area contributed by atoms with Gasteiger partial charge in [0.2, 0.25) is 0 Å². The lowest BCUT2D eigenvalue weighted by molar-refractivity contribution is 0.0945. The van der Waals surface area contributed by atoms with Crippen LogP contribution in [0.15, 0.2) is 6.20 Å². The minimum atomic E-state index is -0.425. The lowest BCUT2D eigenvalue weighted by Crippen LogP contribution is -2.33. The van der Waals surface area contributed by atoms with Gasteiger partial charge in [0, 0.05) is 24.7 Å². The van der Waals surface area contributed by atoms with Crippen LogP contribution in [0.2, 0.25) is 0 Å². The highest BCUT2D eigenvalue weighted by atomic mass is 32.1. The van der Waals surface area contributed by atoms with Crippen molar-refractivity contribution in [1.82, 2.24) is 25.2 Å². The molecular weight excluding hydrogens is 352 g/mol. The van der Waals surface area contributed by atoms with E-state index in [2.05, 4.69) is 32.8 Å². The third kappa shape index (κ3) is 4.81. The number of nitrogens with zero attached hydrogens (tertiary/aromatic N) is 3. The molecule has 142 valence electrons. The lowest BCUT2D eigenvalue weighted by atomic mass is 10.3. The van der Waals surface area contributed by atoms with E-state index in [1.54, 1.807) is 24.7 Å². The smallest absolute Gasteiger partial charge is 0.321 e. The number of carbonyl (C=O) groups excluding carboxylic acids is 2. The number of anilines is 1. The molecule has 0 aromatic carbocycles. The molecule has 9 heteroatoms. The number of nitrogens with one attached hydrogen (secondary N) is 3. The highest BCUT2D eigenvalue weighted by molar-refractivity contribution is 7.11. The number of imidazole rings is 1. The summed E-state index contributed by atoms with van der Waals surface area (Å²) in [5.74, 6) is 0.643. The van der Waals surface area contributed by atoms with Crippen LogP contribution >= 0.6 is 11.3 Å². The zero-order valence-corrected chi connectivity index (χ0v) is 16.7. The lowest BCUT2D eigenvalue weighted by Gasteiger charge is -2.12. The maximum absolute atomic E-state index is 12.5. The summed E-state index contributed by atoms with van der Waals surface area (Å²) in [7, 11) is 1.75. The number of thiazole rings is 1. The van der Waals surface area contributed by atoms with Gasteiger partial charge in [-0.05, 0) is 27.2 Å². The van der Waals surface area contributed by atoms with Crippen molar-refractivity contribution >= 4 is 29.1 Å². The first-order valence-corrected chi connectivity index (χ1v) is 9.46. The van der Waals surface area contributed by atoms with E-state index in [4.69, 9.17) is 0 Å². The summed E-state index contributed by atoms with van der Waals surface area (Å²) < 4.78 is 1.67. The van der Waals surface area contributed by atoms with Gasteiger partial charge in [-0.25, -0.2) is 14.8 Å². The Morgan fingerprint density at radius 2 is 2.08 bits per heavy atom. The molecule has 0 radical (unpaired) electrons. The molecule has 0 aliphatic rings. The minimum Gasteiger partial charge on any atom is -0.351 e. The van der Waals surface area contributed by atoms with Crippen molar-refractivity contribution in [2.45, 2.75) is 46.6 Å². The standard InChI is InChI=1S/C17H26N6O2S/c1-6-7-8-18-15(24)13-14(21-12(4)23(13)5)22-17(25)20-11(3)16-19-9-10(2)26-16/h9,11H,6-8H2,1-5H3,(H,18,24)(H2,20,22,25)/t11-/m1/s1. The molecule has 1 atom stereocenters. The molecule has 26 heavy (non-hydrogen) atoms. The first-order valence-electron chi connectivity index (χ1n) is 8.64. The summed E-state index contributed by atoms with van der Waals surface area (Å²) >= 11 is 1.53. The maximum Gasteiger partial charge on any atom is 0.321 e. The number of urea groups is 1. The SMILES string of the molecule is CCCCNC(=O)c1c(NC(=O)N[C@H](C)c2ncc(C)s2)nc(C)n1C. The van der Waals surface area contributed by atoms with Crippen LogP contribution in [-0.4, -0.2) is 33.0 Å². The molecule has 0 unspecified atom stereocenters. The van der Waals surface area contributed by atoms with Gasteiger partial charge in [-0.1, -0.05) is 13.3 Å². The summed E-state index contributed by atoms with van der Waals surface area (Å²) in [6, 6.07) is -0.661. The van der Waals surface area contributed by atoms with Gasteiger partial charge in [-0.3, -0.25) is 10.1 Å². The number of amides is 3. The third-order valence-electron chi connectivity index (χ3n) is 3.94. The molecule has 0 spiro atoms. The van der Waals surface area contributed by atoms with Gasteiger partial charge in [-0.2, -0.15) is 0 Å². The second-order valence-electron chi connectivity index (χ2n) is 6.15. The van der Waals surface area contributed by atoms with Gasteiger partial charge in [0.15, 0.2) is 11.5 Å². The Balaban J connectivity index is 2.07. The Hall–Kier alpha value is -2.42. The number of hydrogen-bond donors (Lipinski definition) is 3. The van der Waals surface area contributed by atoms with Crippen molar-refractivity contribution < 1.29 is 9.59 Å². The molecule has 0 bridgehead atoms. The van der Waals surface area contributed by atoms with Crippen molar-refractivity contribution in [2.24, 2.45) is 7.05 Å². The van der Waals surface area contributed by atoms with E-state index in [0.29, 0.717) is 18.1 Å². The molecule has 2 aromatic rings. The Morgan fingerprint density at radius 3 is 2.69 bits per heavy atom. The van der Waals surface area contributed by atoms with Gasteiger partial charge >= 0.3 is 6.03 Å². The van der Waals surface area contributed by atoms with E-state index in [1.807, 2.05) is 13.8 Å². The third-order valence-corrected chi connectivity index (χ3v) is 5.03. The average Bonchev–Trinajstić information content (AvgIpc) is 3.12. The van der Waals surface area contributed by atoms with Gasteiger partial charge in [-0.15, -0.1) is 11.3 Å². The van der Waals surface area contributed by atoms with Crippen LogP contribution < -0.4 is 16.0 Å². The van der Waals surface area contributed by atoms with Crippen LogP contribution in [0.5, 0.6) is 0 Å². The monoisotopic (exact) mass is 378 g/mol. The Morgan fingerprint density at radius 1 is 1.35 bits per heavy atom. The van der Waals surface area contributed by atoms with Gasteiger partial charge in [0.25, 0.3) is 5.91 Å². The van der Waals surface area contributed by atoms with E-state index in [0.717, 1.165) is 22.7 Å². The van der Waals surface area contributed by atoms with Gasteiger partial charge in [0.05, 0.1) is 6.04 Å². The molecule has 2 aromatic heterocycles. The molecule has 0 saturated carbocycles. The van der Waals surface area contributed by atoms with Crippen LogP contribution in [0.4, 0.5) is 10.6 Å². The molecule has 0 aliphatic carbocycles. The van der Waals surface area contributed by atoms with Gasteiger partial charge in [0.1, 0.15) is 10.8 Å². The van der Waals surface area contributed by atoms with E-state index in [-0.39, 0.29) is 17.8 Å². The van der Waals surface area contributed by atoms with E-state index in [9.17, 15) is 9.59 Å². The van der Waals surface area contributed by atoms with E-state index < -0.39 is 6.03 Å². The molecule has 0 aliphatic heterocycles. The molecule has 3 N–H and O–H groups in total. The topological polar surface area (TPSA) is 101 Å². The van der Waals surface area contributed by atoms with Crippen LogP contribution in [0.3, 0.4) is 0 Å². The van der Waals surface area contributed by atoms with Crippen LogP contribution in [-0.2, 0) is 7.05 Å². The van der Waals surface area contributed by atoms with Crippen molar-refractivity contribution in [2.75, 3.05) is 11.9 Å². The predicted octanol–water partition coefficient (Wildman–Crippen LogP) is 2.91. The number of unbranched alkanes of at least 4 members (excludes halogenated alkanes) is 1. The van der Waals surface area contributed by atoms with Crippen molar-refractivity contribution in [3.05, 3.63) is 27.6 Å². The molecule has 3 amide bonds. The van der Waals surface area contributed by atoms with Crippen LogP contribution in [0.1, 0.15) is 58.9 Å². The highest BCUT2D eigenvalue weighted by Crippen LogP contribution is 2.20.